The summed E-state index contributed by atoms with van der Waals surface area (Å²) in [4.78, 5) is 30.4. The van der Waals surface area contributed by atoms with E-state index < -0.39 is 4.92 Å². The lowest BCUT2D eigenvalue weighted by molar-refractivity contribution is -0.389. The highest BCUT2D eigenvalue weighted by Gasteiger charge is 2.23. The number of piperazine rings is 1. The van der Waals surface area contributed by atoms with Crippen molar-refractivity contribution in [3.8, 4) is 5.75 Å². The molecule has 0 aliphatic carbocycles. The minimum atomic E-state index is -0.519. The normalized spacial score (nSPS) is 14.3. The summed E-state index contributed by atoms with van der Waals surface area (Å²) in [5.74, 6) is 0.456. The van der Waals surface area contributed by atoms with Crippen LogP contribution in [0.15, 0.2) is 42.6 Å². The Labute approximate surface area is 144 Å². The smallest absolute Gasteiger partial charge is 0.363 e. The number of carbonyl (C=O) groups excluding carboxylic acids is 1. The maximum absolute atomic E-state index is 12.6. The van der Waals surface area contributed by atoms with E-state index in [1.807, 2.05) is 0 Å². The molecule has 0 radical (unpaired) electrons. The Hall–Kier alpha value is -3.16. The lowest BCUT2D eigenvalue weighted by Crippen LogP contribution is -2.48. The third-order valence-corrected chi connectivity index (χ3v) is 4.17. The van der Waals surface area contributed by atoms with Gasteiger partial charge in [0, 0.05) is 37.8 Å². The first-order valence-electron chi connectivity index (χ1n) is 7.87. The quantitative estimate of drug-likeness (QED) is 0.623. The molecule has 1 amide bonds. The summed E-state index contributed by atoms with van der Waals surface area (Å²) in [5, 5.41) is 10.7. The molecule has 1 fully saturated rings. The fourth-order valence-electron chi connectivity index (χ4n) is 2.78. The molecule has 2 heterocycles. The van der Waals surface area contributed by atoms with E-state index >= 15 is 0 Å². The van der Waals surface area contributed by atoms with Gasteiger partial charge in [-0.3, -0.25) is 4.79 Å². The van der Waals surface area contributed by atoms with Gasteiger partial charge < -0.3 is 24.7 Å². The number of pyridine rings is 1. The highest BCUT2D eigenvalue weighted by molar-refractivity contribution is 5.94. The van der Waals surface area contributed by atoms with Crippen LogP contribution in [0.2, 0.25) is 0 Å². The molecule has 0 unspecified atom stereocenters. The average Bonchev–Trinajstić information content (AvgIpc) is 2.67. The summed E-state index contributed by atoms with van der Waals surface area (Å²) in [7, 11) is 1.57. The molecule has 1 saturated heterocycles. The first kappa shape index (κ1) is 16.7. The van der Waals surface area contributed by atoms with Crippen LogP contribution in [-0.4, -0.2) is 54.0 Å². The summed E-state index contributed by atoms with van der Waals surface area (Å²) in [6.45, 7) is 2.45. The standard InChI is InChI=1S/C17H18N4O4/c1-25-15-4-2-3-13(11-15)17(22)20-9-7-19(8-10-20)14-5-6-16(18-12-14)21(23)24/h2-6,11-12H,7-10H2,1H3. The topological polar surface area (TPSA) is 88.8 Å². The molecule has 130 valence electrons. The van der Waals surface area contributed by atoms with Gasteiger partial charge in [-0.05, 0) is 34.2 Å². The molecule has 1 aliphatic rings. The average molecular weight is 342 g/mol. The van der Waals surface area contributed by atoms with Gasteiger partial charge in [0.15, 0.2) is 6.20 Å². The van der Waals surface area contributed by atoms with Gasteiger partial charge in [0.05, 0.1) is 12.8 Å². The number of hydrogen-bond acceptors (Lipinski definition) is 6. The van der Waals surface area contributed by atoms with E-state index in [2.05, 4.69) is 9.88 Å². The number of benzene rings is 1. The minimum absolute atomic E-state index is 0.0274. The molecular formula is C17H18N4O4. The van der Waals surface area contributed by atoms with Crippen LogP contribution < -0.4 is 9.64 Å². The molecule has 0 N–H and O–H groups in total. The highest BCUT2D eigenvalue weighted by atomic mass is 16.6. The molecule has 3 rings (SSSR count). The lowest BCUT2D eigenvalue weighted by Gasteiger charge is -2.35. The van der Waals surface area contributed by atoms with Gasteiger partial charge in [0.2, 0.25) is 0 Å². The number of amides is 1. The zero-order valence-electron chi connectivity index (χ0n) is 13.8. The zero-order chi connectivity index (χ0) is 17.8. The van der Waals surface area contributed by atoms with Crippen molar-refractivity contribution in [3.05, 3.63) is 58.3 Å². The molecule has 0 saturated carbocycles. The summed E-state index contributed by atoms with van der Waals surface area (Å²) >= 11 is 0. The molecule has 8 heteroatoms. The number of hydrogen-bond donors (Lipinski definition) is 0. The lowest BCUT2D eigenvalue weighted by atomic mass is 10.1. The van der Waals surface area contributed by atoms with E-state index in [0.29, 0.717) is 37.5 Å². The number of ether oxygens (including phenoxy) is 1. The molecular weight excluding hydrogens is 324 g/mol. The molecule has 0 spiro atoms. The molecule has 0 bridgehead atoms. The molecule has 0 atom stereocenters. The highest BCUT2D eigenvalue weighted by Crippen LogP contribution is 2.20. The van der Waals surface area contributed by atoms with Crippen molar-refractivity contribution in [3.63, 3.8) is 0 Å². The Kier molecular flexibility index (Phi) is 4.78. The predicted octanol–water partition coefficient (Wildman–Crippen LogP) is 1.96. The van der Waals surface area contributed by atoms with Crippen molar-refractivity contribution >= 4 is 17.4 Å². The second-order valence-electron chi connectivity index (χ2n) is 5.64. The molecule has 25 heavy (non-hydrogen) atoms. The SMILES string of the molecule is COc1cccc(C(=O)N2CCN(c3ccc([N+](=O)[O-])nc3)CC2)c1. The maximum atomic E-state index is 12.6. The van der Waals surface area contributed by atoms with Crippen LogP contribution in [0, 0.1) is 10.1 Å². The monoisotopic (exact) mass is 342 g/mol. The van der Waals surface area contributed by atoms with Crippen molar-refractivity contribution in [2.45, 2.75) is 0 Å². The number of rotatable bonds is 4. The van der Waals surface area contributed by atoms with Crippen LogP contribution >= 0.6 is 0 Å². The fraction of sp³-hybridized carbons (Fsp3) is 0.294. The van der Waals surface area contributed by atoms with Gasteiger partial charge >= 0.3 is 5.82 Å². The zero-order valence-corrected chi connectivity index (χ0v) is 13.8. The van der Waals surface area contributed by atoms with Crippen LogP contribution in [0.3, 0.4) is 0 Å². The van der Waals surface area contributed by atoms with Gasteiger partial charge in [-0.15, -0.1) is 0 Å². The summed E-state index contributed by atoms with van der Waals surface area (Å²) in [6, 6.07) is 10.2. The Bertz CT molecular complexity index is 770. The van der Waals surface area contributed by atoms with Crippen LogP contribution in [0.4, 0.5) is 11.5 Å². The summed E-state index contributed by atoms with van der Waals surface area (Å²) < 4.78 is 5.16. The van der Waals surface area contributed by atoms with E-state index in [4.69, 9.17) is 4.74 Å². The number of carbonyl (C=O) groups is 1. The summed E-state index contributed by atoms with van der Waals surface area (Å²) in [5.41, 5.74) is 1.42. The number of nitrogens with zero attached hydrogens (tertiary/aromatic N) is 4. The van der Waals surface area contributed by atoms with Crippen LogP contribution in [-0.2, 0) is 0 Å². The van der Waals surface area contributed by atoms with Crippen LogP contribution in [0.25, 0.3) is 0 Å². The Morgan fingerprint density at radius 1 is 1.20 bits per heavy atom. The second kappa shape index (κ2) is 7.16. The largest absolute Gasteiger partial charge is 0.497 e. The van der Waals surface area contributed by atoms with Crippen LogP contribution in [0.5, 0.6) is 5.75 Å². The van der Waals surface area contributed by atoms with Gasteiger partial charge in [-0.2, -0.15) is 0 Å². The number of nitro groups is 1. The number of anilines is 1. The molecule has 1 aromatic carbocycles. The predicted molar refractivity (Wildman–Crippen MR) is 92.0 cm³/mol. The summed E-state index contributed by atoms with van der Waals surface area (Å²) in [6.07, 6.45) is 1.50. The maximum Gasteiger partial charge on any atom is 0.363 e. The van der Waals surface area contributed by atoms with Gasteiger partial charge in [-0.1, -0.05) is 6.07 Å². The molecule has 8 nitrogen and oxygen atoms in total. The van der Waals surface area contributed by atoms with Crippen molar-refractivity contribution < 1.29 is 14.5 Å². The van der Waals surface area contributed by atoms with Crippen molar-refractivity contribution in [2.75, 3.05) is 38.2 Å². The Balaban J connectivity index is 1.63. The molecule has 2 aromatic rings. The third-order valence-electron chi connectivity index (χ3n) is 4.17. The van der Waals surface area contributed by atoms with E-state index in [1.165, 1.54) is 12.3 Å². The number of methoxy groups -OCH3 is 1. The van der Waals surface area contributed by atoms with Crippen molar-refractivity contribution in [1.29, 1.82) is 0 Å². The van der Waals surface area contributed by atoms with E-state index in [1.54, 1.807) is 42.3 Å². The van der Waals surface area contributed by atoms with Crippen molar-refractivity contribution in [2.24, 2.45) is 0 Å². The third kappa shape index (κ3) is 3.68. The van der Waals surface area contributed by atoms with Crippen LogP contribution in [0.1, 0.15) is 10.4 Å². The molecule has 1 aliphatic heterocycles. The Morgan fingerprint density at radius 2 is 1.96 bits per heavy atom. The van der Waals surface area contributed by atoms with Gasteiger partial charge in [-0.25, -0.2) is 0 Å². The second-order valence-corrected chi connectivity index (χ2v) is 5.64. The van der Waals surface area contributed by atoms with E-state index in [0.717, 1.165) is 5.69 Å². The molecule has 1 aromatic heterocycles. The minimum Gasteiger partial charge on any atom is -0.497 e. The first-order valence-corrected chi connectivity index (χ1v) is 7.87. The fourth-order valence-corrected chi connectivity index (χ4v) is 2.78. The number of aromatic nitrogens is 1. The van der Waals surface area contributed by atoms with Gasteiger partial charge in [0.1, 0.15) is 5.75 Å². The van der Waals surface area contributed by atoms with E-state index in [-0.39, 0.29) is 11.7 Å². The van der Waals surface area contributed by atoms with Gasteiger partial charge in [0.25, 0.3) is 5.91 Å². The van der Waals surface area contributed by atoms with E-state index in [9.17, 15) is 14.9 Å². The Morgan fingerprint density at radius 3 is 2.56 bits per heavy atom. The van der Waals surface area contributed by atoms with Crippen molar-refractivity contribution in [1.82, 2.24) is 9.88 Å². The first-order chi connectivity index (χ1) is 12.1.